The van der Waals surface area contributed by atoms with Crippen LogP contribution in [0.4, 0.5) is 0 Å². The molecule has 10 heteroatoms. The second-order valence-corrected chi connectivity index (χ2v) is 11.0. The topological polar surface area (TPSA) is 114 Å². The van der Waals surface area contributed by atoms with Crippen molar-refractivity contribution in [1.29, 1.82) is 0 Å². The second kappa shape index (κ2) is 13.2. The maximum absolute atomic E-state index is 12.9. The largest absolute Gasteiger partial charge is 0.340 e. The van der Waals surface area contributed by atoms with Crippen molar-refractivity contribution in [2.24, 2.45) is 7.05 Å². The van der Waals surface area contributed by atoms with Crippen LogP contribution in [0.25, 0.3) is 11.0 Å². The number of aromatic nitrogens is 2. The third-order valence-electron chi connectivity index (χ3n) is 8.51. The van der Waals surface area contributed by atoms with Gasteiger partial charge in [-0.1, -0.05) is 31.7 Å². The smallest absolute Gasteiger partial charge is 0.329 e. The van der Waals surface area contributed by atoms with Gasteiger partial charge in [-0.2, -0.15) is 0 Å². The maximum Gasteiger partial charge on any atom is 0.329 e. The van der Waals surface area contributed by atoms with E-state index in [0.29, 0.717) is 19.0 Å². The lowest BCUT2D eigenvalue weighted by Crippen LogP contribution is -2.54. The Bertz CT molecular complexity index is 1240. The Kier molecular flexibility index (Phi) is 9.72. The van der Waals surface area contributed by atoms with Crippen LogP contribution >= 0.6 is 0 Å². The highest BCUT2D eigenvalue weighted by molar-refractivity contribution is 6.00. The molecule has 0 radical (unpaired) electrons. The molecule has 1 unspecified atom stereocenters. The zero-order chi connectivity index (χ0) is 27.9. The Hall–Kier alpha value is -3.27. The van der Waals surface area contributed by atoms with E-state index in [9.17, 15) is 19.2 Å². The molecule has 39 heavy (non-hydrogen) atoms. The molecule has 0 spiro atoms. The molecule has 1 aliphatic carbocycles. The number of imide groups is 1. The number of amides is 3. The van der Waals surface area contributed by atoms with Gasteiger partial charge in [0.05, 0.1) is 17.6 Å². The van der Waals surface area contributed by atoms with Crippen molar-refractivity contribution in [2.75, 3.05) is 26.2 Å². The van der Waals surface area contributed by atoms with E-state index in [2.05, 4.69) is 10.2 Å². The van der Waals surface area contributed by atoms with Gasteiger partial charge in [-0.15, -0.1) is 0 Å². The first-order valence-corrected chi connectivity index (χ1v) is 14.3. The van der Waals surface area contributed by atoms with Crippen LogP contribution < -0.4 is 11.0 Å². The molecule has 3 amide bonds. The van der Waals surface area contributed by atoms with E-state index in [0.717, 1.165) is 61.9 Å². The number of benzene rings is 1. The minimum atomic E-state index is -0.660. The minimum absolute atomic E-state index is 0.235. The Morgan fingerprint density at radius 3 is 2.41 bits per heavy atom. The van der Waals surface area contributed by atoms with Crippen molar-refractivity contribution in [3.8, 4) is 0 Å². The Labute approximate surface area is 229 Å². The van der Waals surface area contributed by atoms with Crippen molar-refractivity contribution < 1.29 is 19.2 Å². The molecule has 2 saturated heterocycles. The number of carbonyl (C=O) groups excluding carboxylic acids is 4. The quantitative estimate of drug-likeness (QED) is 0.407. The predicted molar refractivity (Wildman–Crippen MR) is 148 cm³/mol. The summed E-state index contributed by atoms with van der Waals surface area (Å²) in [5.41, 5.74) is 2.43. The molecule has 1 saturated carbocycles. The van der Waals surface area contributed by atoms with Crippen molar-refractivity contribution >= 4 is 35.5 Å². The van der Waals surface area contributed by atoms with E-state index >= 15 is 0 Å². The fourth-order valence-electron chi connectivity index (χ4n) is 6.32. The van der Waals surface area contributed by atoms with E-state index in [4.69, 9.17) is 4.79 Å². The summed E-state index contributed by atoms with van der Waals surface area (Å²) in [7, 11) is 1.72. The Morgan fingerprint density at radius 2 is 1.69 bits per heavy atom. The van der Waals surface area contributed by atoms with Gasteiger partial charge in [-0.05, 0) is 56.2 Å². The van der Waals surface area contributed by atoms with E-state index in [1.54, 1.807) is 11.6 Å². The van der Waals surface area contributed by atoms with Gasteiger partial charge in [0.15, 0.2) is 0 Å². The summed E-state index contributed by atoms with van der Waals surface area (Å²) in [5.74, 6) is -0.421. The molecule has 0 bridgehead atoms. The summed E-state index contributed by atoms with van der Waals surface area (Å²) in [6.45, 7) is 5.28. The van der Waals surface area contributed by atoms with Crippen LogP contribution in [0.3, 0.4) is 0 Å². The average Bonchev–Trinajstić information content (AvgIpc) is 3.20. The predicted octanol–water partition coefficient (Wildman–Crippen LogP) is 2.32. The highest BCUT2D eigenvalue weighted by atomic mass is 16.2. The first-order chi connectivity index (χ1) is 18.9. The van der Waals surface area contributed by atoms with Crippen LogP contribution in [0.15, 0.2) is 23.0 Å². The van der Waals surface area contributed by atoms with Crippen LogP contribution in [0.5, 0.6) is 0 Å². The van der Waals surface area contributed by atoms with Gasteiger partial charge in [0.2, 0.25) is 17.7 Å². The summed E-state index contributed by atoms with van der Waals surface area (Å²) >= 11 is 0. The van der Waals surface area contributed by atoms with Crippen LogP contribution in [-0.2, 0) is 32.6 Å². The number of aryl methyl sites for hydroxylation is 2. The summed E-state index contributed by atoms with van der Waals surface area (Å²) < 4.78 is 3.10. The first-order valence-electron chi connectivity index (χ1n) is 14.3. The van der Waals surface area contributed by atoms with Crippen LogP contribution in [0, 0.1) is 0 Å². The number of piperazine rings is 1. The molecular weight excluding hydrogens is 498 g/mol. The molecule has 1 atom stereocenters. The molecular formula is C29H41N5O5. The molecule has 3 fully saturated rings. The standard InChI is InChI=1S/C28H39N5O4.CH2O/c1-30-24-18-20(11-12-22(24)33(28(30)37)23-13-14-25(34)29-27(23)36)8-4-3-7-15-31-16-17-32(19-26(31)35)21-9-5-2-6-10-21;1-2/h11-12,18,21,23H,2-10,13-17,19H2,1H3,(H,29,34,36);1H2. The van der Waals surface area contributed by atoms with Crippen molar-refractivity contribution in [2.45, 2.75) is 82.7 Å². The summed E-state index contributed by atoms with van der Waals surface area (Å²) in [5, 5.41) is 2.35. The molecule has 2 aromatic rings. The number of nitrogens with one attached hydrogen (secondary N) is 1. The Morgan fingerprint density at radius 1 is 0.923 bits per heavy atom. The Balaban J connectivity index is 0.00000172. The normalized spacial score (nSPS) is 21.1. The lowest BCUT2D eigenvalue weighted by Gasteiger charge is -2.40. The van der Waals surface area contributed by atoms with Crippen LogP contribution in [-0.4, -0.2) is 75.7 Å². The highest BCUT2D eigenvalue weighted by Gasteiger charge is 2.31. The van der Waals surface area contributed by atoms with E-state index in [-0.39, 0.29) is 23.9 Å². The van der Waals surface area contributed by atoms with Crippen LogP contribution in [0.1, 0.15) is 75.8 Å². The van der Waals surface area contributed by atoms with Crippen LogP contribution in [0.2, 0.25) is 0 Å². The van der Waals surface area contributed by atoms with Crippen molar-refractivity contribution in [1.82, 2.24) is 24.3 Å². The number of rotatable bonds is 8. The monoisotopic (exact) mass is 539 g/mol. The number of carbonyl (C=O) groups is 4. The fraction of sp³-hybridized carbons (Fsp3) is 0.621. The number of hydrogen-bond donors (Lipinski definition) is 1. The SMILES string of the molecule is C=O.Cn1c(=O)n(C2CCC(=O)NC2=O)c2ccc(CCCCCN3CCN(C4CCCCC4)CC3=O)cc21. The first kappa shape index (κ1) is 28.7. The maximum atomic E-state index is 12.9. The number of nitrogens with zero attached hydrogens (tertiary/aromatic N) is 4. The average molecular weight is 540 g/mol. The van der Waals surface area contributed by atoms with E-state index < -0.39 is 11.9 Å². The van der Waals surface area contributed by atoms with Crippen molar-refractivity contribution in [3.63, 3.8) is 0 Å². The van der Waals surface area contributed by atoms with Crippen molar-refractivity contribution in [3.05, 3.63) is 34.2 Å². The lowest BCUT2D eigenvalue weighted by molar-refractivity contribution is -0.138. The third-order valence-corrected chi connectivity index (χ3v) is 8.51. The van der Waals surface area contributed by atoms with Gasteiger partial charge in [0, 0.05) is 39.1 Å². The number of imidazole rings is 1. The van der Waals surface area contributed by atoms with E-state index in [1.807, 2.05) is 29.9 Å². The zero-order valence-electron chi connectivity index (χ0n) is 23.0. The van der Waals surface area contributed by atoms with Gasteiger partial charge in [0.1, 0.15) is 12.8 Å². The molecule has 3 aliphatic rings. The zero-order valence-corrected chi connectivity index (χ0v) is 23.0. The molecule has 5 rings (SSSR count). The molecule has 212 valence electrons. The van der Waals surface area contributed by atoms with Gasteiger partial charge in [-0.25, -0.2) is 4.79 Å². The summed E-state index contributed by atoms with van der Waals surface area (Å²) in [4.78, 5) is 62.0. The van der Waals surface area contributed by atoms with Gasteiger partial charge < -0.3 is 9.69 Å². The van der Waals surface area contributed by atoms with Gasteiger partial charge >= 0.3 is 5.69 Å². The highest BCUT2D eigenvalue weighted by Crippen LogP contribution is 2.25. The lowest BCUT2D eigenvalue weighted by atomic mass is 9.94. The van der Waals surface area contributed by atoms with Gasteiger partial charge in [-0.3, -0.25) is 33.7 Å². The number of hydrogen-bond acceptors (Lipinski definition) is 6. The van der Waals surface area contributed by atoms with Gasteiger partial charge in [0.25, 0.3) is 0 Å². The molecule has 1 aromatic heterocycles. The third kappa shape index (κ3) is 6.49. The minimum Gasteiger partial charge on any atom is -0.340 e. The molecule has 3 heterocycles. The molecule has 10 nitrogen and oxygen atoms in total. The summed E-state index contributed by atoms with van der Waals surface area (Å²) in [6, 6.07) is 5.93. The fourth-order valence-corrected chi connectivity index (χ4v) is 6.32. The summed E-state index contributed by atoms with van der Waals surface area (Å²) in [6.07, 6.45) is 11.0. The molecule has 1 aromatic carbocycles. The number of unbranched alkanes of at least 4 members (excludes halogenated alkanes) is 2. The number of piperidine rings is 1. The van der Waals surface area contributed by atoms with E-state index in [1.165, 1.54) is 36.7 Å². The molecule has 1 N–H and O–H groups in total. The molecule has 2 aliphatic heterocycles. The second-order valence-electron chi connectivity index (χ2n) is 11.0. The number of fused-ring (bicyclic) bond motifs is 1.